The van der Waals surface area contributed by atoms with E-state index >= 15 is 0 Å². The smallest absolute Gasteiger partial charge is 0.265 e. The normalized spacial score (nSPS) is 11.2. The van der Waals surface area contributed by atoms with Gasteiger partial charge in [0.1, 0.15) is 0 Å². The van der Waals surface area contributed by atoms with Crippen LogP contribution in [0.25, 0.3) is 0 Å². The second-order valence-corrected chi connectivity index (χ2v) is 9.47. The molecule has 3 rings (SSSR count). The van der Waals surface area contributed by atoms with Crippen LogP contribution in [0.1, 0.15) is 27.0 Å². The van der Waals surface area contributed by atoms with Crippen LogP contribution in [0, 0.1) is 6.92 Å². The zero-order valence-corrected chi connectivity index (χ0v) is 17.6. The molecule has 0 aliphatic heterocycles. The van der Waals surface area contributed by atoms with Crippen molar-refractivity contribution in [2.75, 3.05) is 16.7 Å². The summed E-state index contributed by atoms with van der Waals surface area (Å²) in [6, 6.07) is 17.0. The number of sulfonamides is 1. The van der Waals surface area contributed by atoms with Crippen molar-refractivity contribution >= 4 is 38.6 Å². The molecule has 3 aromatic rings. The number of anilines is 2. The molecule has 28 heavy (non-hydrogen) atoms. The molecule has 7 heteroatoms. The first kappa shape index (κ1) is 20.1. The summed E-state index contributed by atoms with van der Waals surface area (Å²) in [5, 5.41) is 2.80. The monoisotopic (exact) mass is 414 g/mol. The number of carbonyl (C=O) groups excluding carboxylic acids is 1. The summed E-state index contributed by atoms with van der Waals surface area (Å²) in [5.74, 6) is -0.237. The average Bonchev–Trinajstić information content (AvgIpc) is 3.09. The van der Waals surface area contributed by atoms with Gasteiger partial charge in [-0.05, 0) is 55.3 Å². The molecule has 0 bridgehead atoms. The second-order valence-electron chi connectivity index (χ2n) is 6.36. The molecule has 0 saturated heterocycles. The van der Waals surface area contributed by atoms with Crippen LogP contribution in [0.4, 0.5) is 11.4 Å². The predicted molar refractivity (Wildman–Crippen MR) is 115 cm³/mol. The number of para-hydroxylation sites is 1. The van der Waals surface area contributed by atoms with Crippen molar-refractivity contribution in [2.24, 2.45) is 0 Å². The van der Waals surface area contributed by atoms with Crippen LogP contribution in [0.5, 0.6) is 0 Å². The molecule has 0 aliphatic rings. The number of carbonyl (C=O) groups is 1. The predicted octanol–water partition coefficient (Wildman–Crippen LogP) is 4.70. The minimum atomic E-state index is -3.74. The van der Waals surface area contributed by atoms with Gasteiger partial charge < -0.3 is 5.32 Å². The van der Waals surface area contributed by atoms with Crippen molar-refractivity contribution in [3.8, 4) is 0 Å². The molecule has 0 spiro atoms. The molecule has 0 unspecified atom stereocenters. The summed E-state index contributed by atoms with van der Waals surface area (Å²) in [6.07, 6.45) is 0.878. The zero-order chi connectivity index (χ0) is 20.3. The molecule has 1 amide bonds. The molecule has 0 radical (unpaired) electrons. The molecule has 5 nitrogen and oxygen atoms in total. The summed E-state index contributed by atoms with van der Waals surface area (Å²) in [4.78, 5) is 14.5. The highest BCUT2D eigenvalue weighted by molar-refractivity contribution is 7.92. The van der Waals surface area contributed by atoms with Crippen molar-refractivity contribution < 1.29 is 13.2 Å². The Balaban J connectivity index is 1.84. The van der Waals surface area contributed by atoms with Crippen molar-refractivity contribution in [2.45, 2.75) is 25.2 Å². The molecular weight excluding hydrogens is 392 g/mol. The van der Waals surface area contributed by atoms with Crippen molar-refractivity contribution in [3.63, 3.8) is 0 Å². The number of aryl methyl sites for hydroxylation is 2. The summed E-state index contributed by atoms with van der Waals surface area (Å²) in [6.45, 7) is 4.04. The second kappa shape index (κ2) is 8.16. The number of nitrogens with one attached hydrogen (secondary N) is 1. The lowest BCUT2D eigenvalue weighted by Gasteiger charge is -2.19. The Morgan fingerprint density at radius 3 is 2.43 bits per heavy atom. The van der Waals surface area contributed by atoms with Gasteiger partial charge in [0.15, 0.2) is 0 Å². The lowest BCUT2D eigenvalue weighted by atomic mass is 10.2. The molecule has 0 aliphatic carbocycles. The van der Waals surface area contributed by atoms with Crippen LogP contribution in [0.15, 0.2) is 65.6 Å². The van der Waals surface area contributed by atoms with E-state index in [4.69, 9.17) is 0 Å². The van der Waals surface area contributed by atoms with Gasteiger partial charge in [-0.3, -0.25) is 9.10 Å². The Labute approximate surface area is 169 Å². The fourth-order valence-corrected chi connectivity index (χ4v) is 5.10. The first-order valence-corrected chi connectivity index (χ1v) is 11.1. The number of rotatable bonds is 6. The van der Waals surface area contributed by atoms with Gasteiger partial charge in [0.05, 0.1) is 15.5 Å². The summed E-state index contributed by atoms with van der Waals surface area (Å²) in [5.41, 5.74) is 2.10. The van der Waals surface area contributed by atoms with Gasteiger partial charge in [0.25, 0.3) is 15.9 Å². The third-order valence-electron chi connectivity index (χ3n) is 4.44. The molecular formula is C21H22N2O3S2. The zero-order valence-electron chi connectivity index (χ0n) is 16.0. The molecule has 2 aromatic carbocycles. The SMILES string of the molecule is CCc1sc(C(=O)Nc2cccc(S(=O)(=O)N(C)c3ccccc3)c2)cc1C. The van der Waals surface area contributed by atoms with Crippen molar-refractivity contribution in [1.29, 1.82) is 0 Å². The maximum atomic E-state index is 12.9. The number of benzene rings is 2. The van der Waals surface area contributed by atoms with Crippen LogP contribution in [-0.4, -0.2) is 21.4 Å². The Hall–Kier alpha value is -2.64. The van der Waals surface area contributed by atoms with E-state index < -0.39 is 10.0 Å². The van der Waals surface area contributed by atoms with E-state index in [-0.39, 0.29) is 10.8 Å². The van der Waals surface area contributed by atoms with Crippen LogP contribution >= 0.6 is 11.3 Å². The van der Waals surface area contributed by atoms with Gasteiger partial charge in [-0.15, -0.1) is 11.3 Å². The highest BCUT2D eigenvalue weighted by Gasteiger charge is 2.22. The molecule has 1 aromatic heterocycles. The van der Waals surface area contributed by atoms with E-state index in [0.717, 1.165) is 12.0 Å². The third kappa shape index (κ3) is 4.10. The van der Waals surface area contributed by atoms with E-state index in [9.17, 15) is 13.2 Å². The van der Waals surface area contributed by atoms with Crippen molar-refractivity contribution in [3.05, 3.63) is 76.0 Å². The number of nitrogens with zero attached hydrogens (tertiary/aromatic N) is 1. The Bertz CT molecular complexity index is 1090. The van der Waals surface area contributed by atoms with Gasteiger partial charge >= 0.3 is 0 Å². The van der Waals surface area contributed by atoms with Crippen LogP contribution < -0.4 is 9.62 Å². The Kier molecular flexibility index (Phi) is 5.86. The number of thiophene rings is 1. The summed E-state index contributed by atoms with van der Waals surface area (Å²) < 4.78 is 27.1. The van der Waals surface area contributed by atoms with Crippen LogP contribution in [0.3, 0.4) is 0 Å². The maximum absolute atomic E-state index is 12.9. The fourth-order valence-electron chi connectivity index (χ4n) is 2.84. The minimum Gasteiger partial charge on any atom is -0.321 e. The van der Waals surface area contributed by atoms with Gasteiger partial charge in [0.2, 0.25) is 0 Å². The summed E-state index contributed by atoms with van der Waals surface area (Å²) in [7, 11) is -2.23. The fraction of sp³-hybridized carbons (Fsp3) is 0.190. The molecule has 0 atom stereocenters. The summed E-state index contributed by atoms with van der Waals surface area (Å²) >= 11 is 1.46. The van der Waals surface area contributed by atoms with E-state index in [1.165, 1.54) is 39.7 Å². The van der Waals surface area contributed by atoms with E-state index in [1.54, 1.807) is 36.4 Å². The third-order valence-corrected chi connectivity index (χ3v) is 7.60. The van der Waals surface area contributed by atoms with E-state index in [2.05, 4.69) is 12.2 Å². The molecule has 1 heterocycles. The quantitative estimate of drug-likeness (QED) is 0.636. The first-order valence-electron chi connectivity index (χ1n) is 8.87. The number of hydrogen-bond acceptors (Lipinski definition) is 4. The highest BCUT2D eigenvalue weighted by Crippen LogP contribution is 2.26. The van der Waals surface area contributed by atoms with Gasteiger partial charge in [-0.25, -0.2) is 8.42 Å². The van der Waals surface area contributed by atoms with Gasteiger partial charge in [-0.1, -0.05) is 31.2 Å². The van der Waals surface area contributed by atoms with Crippen molar-refractivity contribution in [1.82, 2.24) is 0 Å². The molecule has 0 saturated carbocycles. The standard InChI is InChI=1S/C21H22N2O3S2/c1-4-19-15(2)13-20(27-19)21(24)22-16-9-8-12-18(14-16)28(25,26)23(3)17-10-6-5-7-11-17/h5-14H,4H2,1-3H3,(H,22,24). The Morgan fingerprint density at radius 1 is 1.07 bits per heavy atom. The lowest BCUT2D eigenvalue weighted by molar-refractivity contribution is 0.103. The van der Waals surface area contributed by atoms with E-state index in [0.29, 0.717) is 16.3 Å². The van der Waals surface area contributed by atoms with E-state index in [1.807, 2.05) is 19.1 Å². The first-order chi connectivity index (χ1) is 13.3. The maximum Gasteiger partial charge on any atom is 0.265 e. The van der Waals surface area contributed by atoms with Gasteiger partial charge in [-0.2, -0.15) is 0 Å². The highest BCUT2D eigenvalue weighted by atomic mass is 32.2. The minimum absolute atomic E-state index is 0.119. The van der Waals surface area contributed by atoms with Crippen LogP contribution in [0.2, 0.25) is 0 Å². The molecule has 146 valence electrons. The topological polar surface area (TPSA) is 66.5 Å². The number of hydrogen-bond donors (Lipinski definition) is 1. The van der Waals surface area contributed by atoms with Gasteiger partial charge in [0, 0.05) is 17.6 Å². The molecule has 0 fully saturated rings. The molecule has 1 N–H and O–H groups in total. The number of amides is 1. The largest absolute Gasteiger partial charge is 0.321 e. The Morgan fingerprint density at radius 2 is 1.79 bits per heavy atom. The lowest BCUT2D eigenvalue weighted by Crippen LogP contribution is -2.26. The van der Waals surface area contributed by atoms with Crippen LogP contribution in [-0.2, 0) is 16.4 Å². The average molecular weight is 415 g/mol.